The minimum atomic E-state index is -0.574. The third kappa shape index (κ3) is 18.5. The molecule has 0 aliphatic carbocycles. The number of halogens is 1. The van der Waals surface area contributed by atoms with Crippen LogP contribution in [0, 0.1) is 12.6 Å². The highest BCUT2D eigenvalue weighted by Gasteiger charge is 2.12. The van der Waals surface area contributed by atoms with Gasteiger partial charge in [-0.05, 0) is 73.8 Å². The van der Waals surface area contributed by atoms with Crippen LogP contribution < -0.4 is 22.5 Å². The zero-order chi connectivity index (χ0) is 33.8. The van der Waals surface area contributed by atoms with Crippen LogP contribution in [0.15, 0.2) is 78.1 Å². The lowest BCUT2D eigenvalue weighted by Gasteiger charge is -2.01. The Kier molecular flexibility index (Phi) is 30.2. The molecule has 8 N–H and O–H groups in total. The summed E-state index contributed by atoms with van der Waals surface area (Å²) in [6, 6.07) is 18.6. The second-order valence-electron chi connectivity index (χ2n) is 8.30. The standard InChI is InChI=1S/C10H11N3O4.C10H11NO2.C9H7ClO2.CH5N.2CH4.CH3.H3N/c1-11-10(15)8-4-2-7(3-5-8)9(14)6-13(17)12-16;1-7(12)8-3-5-9(6-4-8)10(13)11-2;1-6(11)7-2-4-8(5-3-7)9(10)12;1-2;;;;/h2-5,16H,6H2,1H3,(H,11,15);3-6H,1-2H3,(H,11,13);2-5H,1H3;2H2,1H3;2*1H4;2*1H3/q;;;;;;+1;/b13-12-;;;;;;;. The third-order valence-corrected chi connectivity index (χ3v) is 5.59. The van der Waals surface area contributed by atoms with E-state index in [0.29, 0.717) is 27.8 Å². The SMILES string of the molecule is C.C.CC(=O)c1ccc(C(=O)Cl)cc1.CN.CNC(=O)c1ccc(C(=O)C/[N+]([O-])=N/O)cc1.CNC(=O)c1ccc(C(C)=O)cc1.N.[CH3+]. The Labute approximate surface area is 287 Å². The van der Waals surface area contributed by atoms with Gasteiger partial charge in [0.15, 0.2) is 16.8 Å². The van der Waals surface area contributed by atoms with Crippen LogP contribution in [0.3, 0.4) is 0 Å². The number of rotatable bonds is 8. The van der Waals surface area contributed by atoms with Crippen LogP contribution in [0.25, 0.3) is 0 Å². The first kappa shape index (κ1) is 52.1. The van der Waals surface area contributed by atoms with Gasteiger partial charge in [-0.3, -0.25) is 28.8 Å². The summed E-state index contributed by atoms with van der Waals surface area (Å²) in [5, 5.41) is 25.5. The van der Waals surface area contributed by atoms with Crippen molar-refractivity contribution < 1.29 is 38.8 Å². The number of nitrogens with one attached hydrogen (secondary N) is 2. The molecule has 2 amide bonds. The number of hydrogen-bond donors (Lipinski definition) is 5. The Hall–Kier alpha value is -5.44. The Bertz CT molecular complexity index is 1430. The molecule has 0 aliphatic heterocycles. The summed E-state index contributed by atoms with van der Waals surface area (Å²) in [4.78, 5) is 65.9. The number of carbonyl (C=O) groups excluding carboxylic acids is 6. The van der Waals surface area contributed by atoms with E-state index in [1.807, 2.05) is 0 Å². The van der Waals surface area contributed by atoms with Gasteiger partial charge in [0.25, 0.3) is 17.1 Å². The van der Waals surface area contributed by atoms with Crippen molar-refractivity contribution in [1.82, 2.24) is 16.8 Å². The topological polar surface area (TPSA) is 246 Å². The number of nitrogens with two attached hydrogens (primary N) is 1. The van der Waals surface area contributed by atoms with Crippen LogP contribution in [-0.2, 0) is 0 Å². The predicted octanol–water partition coefficient (Wildman–Crippen LogP) is 5.56. The summed E-state index contributed by atoms with van der Waals surface area (Å²) in [6.07, 6.45) is 0. The van der Waals surface area contributed by atoms with E-state index < -0.39 is 17.6 Å². The maximum Gasteiger partial charge on any atom is 0.252 e. The van der Waals surface area contributed by atoms with Gasteiger partial charge in [-0.1, -0.05) is 51.3 Å². The molecule has 3 aromatic carbocycles. The summed E-state index contributed by atoms with van der Waals surface area (Å²) < 4.78 is 0. The monoisotopic (exact) mass is 691 g/mol. The molecule has 0 radical (unpaired) electrons. The van der Waals surface area contributed by atoms with Crippen LogP contribution >= 0.6 is 11.6 Å². The summed E-state index contributed by atoms with van der Waals surface area (Å²) in [5.74, 6) is -0.928. The number of ketones is 3. The van der Waals surface area contributed by atoms with Gasteiger partial charge in [0.05, 0.1) is 0 Å². The van der Waals surface area contributed by atoms with Crippen LogP contribution in [0.5, 0.6) is 0 Å². The van der Waals surface area contributed by atoms with Crippen LogP contribution in [0.2, 0.25) is 0 Å². The number of Topliss-reactive ketones (excluding diaryl/α,β-unsaturated/α-hetero) is 3. The van der Waals surface area contributed by atoms with Gasteiger partial charge in [-0.15, -0.1) is 0 Å². The first-order chi connectivity index (χ1) is 20.8. The molecule has 0 aliphatic rings. The van der Waals surface area contributed by atoms with Gasteiger partial charge in [-0.25, -0.2) is 0 Å². The lowest BCUT2D eigenvalue weighted by molar-refractivity contribution is -0.543. The molecule has 0 bridgehead atoms. The molecule has 264 valence electrons. The second-order valence-corrected chi connectivity index (χ2v) is 8.64. The van der Waals surface area contributed by atoms with Crippen molar-refractivity contribution in [1.29, 1.82) is 0 Å². The maximum atomic E-state index is 11.5. The first-order valence-corrected chi connectivity index (χ1v) is 13.1. The van der Waals surface area contributed by atoms with Crippen molar-refractivity contribution >= 4 is 46.0 Å². The minimum absolute atomic E-state index is 0. The third-order valence-electron chi connectivity index (χ3n) is 5.37. The summed E-state index contributed by atoms with van der Waals surface area (Å²) in [7, 11) is 4.57. The van der Waals surface area contributed by atoms with Crippen molar-refractivity contribution in [2.45, 2.75) is 28.7 Å². The molecule has 3 aromatic rings. The van der Waals surface area contributed by atoms with Gasteiger partial charge in [0.1, 0.15) is 0 Å². The molecule has 14 nitrogen and oxygen atoms in total. The average Bonchev–Trinajstić information content (AvgIpc) is 3.05. The molecule has 15 heteroatoms. The zero-order valence-corrected chi connectivity index (χ0v) is 27.3. The number of hydrogen-bond acceptors (Lipinski definition) is 10. The highest BCUT2D eigenvalue weighted by Crippen LogP contribution is 2.08. The molecule has 48 heavy (non-hydrogen) atoms. The normalized spacial score (nSPS) is 8.94. The van der Waals surface area contributed by atoms with E-state index in [2.05, 4.69) is 21.6 Å². The second kappa shape index (κ2) is 27.8. The van der Waals surface area contributed by atoms with Crippen molar-refractivity contribution in [2.75, 3.05) is 27.7 Å². The van der Waals surface area contributed by atoms with E-state index in [4.69, 9.17) is 16.8 Å². The lowest BCUT2D eigenvalue weighted by Crippen LogP contribution is -2.18. The van der Waals surface area contributed by atoms with Gasteiger partial charge >= 0.3 is 0 Å². The maximum absolute atomic E-state index is 11.5. The van der Waals surface area contributed by atoms with E-state index >= 15 is 0 Å². The van der Waals surface area contributed by atoms with Crippen LogP contribution in [-0.4, -0.2) is 72.2 Å². The molecule has 0 fully saturated rings. The molecule has 0 aromatic heterocycles. The molecule has 0 heterocycles. The number of amides is 2. The Morgan fingerprint density at radius 3 is 1.21 bits per heavy atom. The van der Waals surface area contributed by atoms with E-state index in [-0.39, 0.29) is 62.2 Å². The zero-order valence-electron chi connectivity index (χ0n) is 26.5. The van der Waals surface area contributed by atoms with Crippen molar-refractivity contribution in [3.8, 4) is 0 Å². The fourth-order valence-corrected chi connectivity index (χ4v) is 3.16. The average molecular weight is 692 g/mol. The predicted molar refractivity (Wildman–Crippen MR) is 188 cm³/mol. The van der Waals surface area contributed by atoms with Gasteiger partial charge in [0.2, 0.25) is 12.3 Å². The van der Waals surface area contributed by atoms with E-state index in [1.165, 1.54) is 64.3 Å². The molecular formula is C33H48ClN6O8+. The Morgan fingerprint density at radius 1 is 0.688 bits per heavy atom. The Balaban J connectivity index is -0.000000183. The molecular weight excluding hydrogens is 644 g/mol. The summed E-state index contributed by atoms with van der Waals surface area (Å²) in [6.45, 7) is 2.39. The Morgan fingerprint density at radius 2 is 0.958 bits per heavy atom. The molecule has 0 unspecified atom stereocenters. The van der Waals surface area contributed by atoms with Gasteiger partial charge in [-0.2, -0.15) is 0 Å². The van der Waals surface area contributed by atoms with Crippen LogP contribution in [0.4, 0.5) is 0 Å². The largest absolute Gasteiger partial charge is 0.597 e. The first-order valence-electron chi connectivity index (χ1n) is 12.7. The van der Waals surface area contributed by atoms with Gasteiger partial charge < -0.3 is 32.9 Å². The van der Waals surface area contributed by atoms with E-state index in [1.54, 1.807) is 43.4 Å². The number of benzene rings is 3. The number of hydroxylamine groups is 1. The highest BCUT2D eigenvalue weighted by molar-refractivity contribution is 6.67. The quantitative estimate of drug-likeness (QED) is 0.0491. The summed E-state index contributed by atoms with van der Waals surface area (Å²) >= 11 is 5.21. The molecule has 0 spiro atoms. The van der Waals surface area contributed by atoms with E-state index in [0.717, 1.165) is 0 Å². The van der Waals surface area contributed by atoms with Crippen LogP contribution in [0.1, 0.15) is 90.8 Å². The van der Waals surface area contributed by atoms with Crippen molar-refractivity contribution in [3.05, 3.63) is 119 Å². The summed E-state index contributed by atoms with van der Waals surface area (Å²) in [5.41, 5.74) is 7.34. The molecule has 0 atom stereocenters. The molecule has 0 saturated heterocycles. The molecule has 3 rings (SSSR count). The van der Waals surface area contributed by atoms with Crippen molar-refractivity contribution in [3.63, 3.8) is 0 Å². The highest BCUT2D eigenvalue weighted by atomic mass is 35.5. The molecule has 0 saturated carbocycles. The van der Waals surface area contributed by atoms with Gasteiger partial charge in [0, 0.05) is 54.9 Å². The smallest absolute Gasteiger partial charge is 0.252 e. The fourth-order valence-electron chi connectivity index (χ4n) is 3.03. The van der Waals surface area contributed by atoms with Crippen molar-refractivity contribution in [2.24, 2.45) is 11.0 Å². The number of nitrogens with zero attached hydrogens (tertiary/aromatic N) is 2. The van der Waals surface area contributed by atoms with E-state index in [9.17, 15) is 34.0 Å². The number of carbonyl (C=O) groups is 6. The fraction of sp³-hybridized carbons (Fsp3) is 0.242. The lowest BCUT2D eigenvalue weighted by atomic mass is 10.1. The minimum Gasteiger partial charge on any atom is -0.597 e.